The van der Waals surface area contributed by atoms with E-state index in [-0.39, 0.29) is 11.8 Å². The standard InChI is InChI=1S/C18H19NO2/c1-3-19(2)18(20)15-12-13-8-4-6-10-16(13)21-17-11-7-5-9-14(15)17/h4-11,15H,3,12H2,1-2H3. The van der Waals surface area contributed by atoms with Crippen LogP contribution in [-0.4, -0.2) is 24.4 Å². The number of benzene rings is 2. The smallest absolute Gasteiger partial charge is 0.230 e. The van der Waals surface area contributed by atoms with E-state index in [0.29, 0.717) is 13.0 Å². The minimum atomic E-state index is -0.185. The van der Waals surface area contributed by atoms with E-state index in [1.807, 2.05) is 62.5 Å². The average molecular weight is 281 g/mol. The molecule has 108 valence electrons. The summed E-state index contributed by atoms with van der Waals surface area (Å²) in [6, 6.07) is 15.8. The molecule has 0 N–H and O–H groups in total. The van der Waals surface area contributed by atoms with Crippen LogP contribution in [0.3, 0.4) is 0 Å². The maximum absolute atomic E-state index is 12.7. The first-order valence-corrected chi connectivity index (χ1v) is 7.30. The van der Waals surface area contributed by atoms with Crippen molar-refractivity contribution >= 4 is 5.91 Å². The summed E-state index contributed by atoms with van der Waals surface area (Å²) in [6.07, 6.45) is 0.677. The van der Waals surface area contributed by atoms with Gasteiger partial charge in [0.15, 0.2) is 0 Å². The van der Waals surface area contributed by atoms with Gasteiger partial charge in [-0.15, -0.1) is 0 Å². The number of amides is 1. The lowest BCUT2D eigenvalue weighted by molar-refractivity contribution is -0.131. The maximum atomic E-state index is 12.7. The molecule has 2 aromatic carbocycles. The van der Waals surface area contributed by atoms with Crippen molar-refractivity contribution in [1.82, 2.24) is 4.90 Å². The fourth-order valence-corrected chi connectivity index (χ4v) is 2.72. The van der Waals surface area contributed by atoms with Gasteiger partial charge < -0.3 is 9.64 Å². The Hall–Kier alpha value is -2.29. The van der Waals surface area contributed by atoms with Crippen LogP contribution in [0.25, 0.3) is 0 Å². The summed E-state index contributed by atoms with van der Waals surface area (Å²) in [5, 5.41) is 0. The first-order chi connectivity index (χ1) is 10.2. The van der Waals surface area contributed by atoms with Gasteiger partial charge in [-0.3, -0.25) is 4.79 Å². The van der Waals surface area contributed by atoms with E-state index in [0.717, 1.165) is 22.6 Å². The molecule has 0 saturated heterocycles. The zero-order valence-electron chi connectivity index (χ0n) is 12.4. The molecule has 3 heteroatoms. The number of ether oxygens (including phenoxy) is 1. The lowest BCUT2D eigenvalue weighted by atomic mass is 9.90. The molecule has 0 fully saturated rings. The second kappa shape index (κ2) is 5.60. The molecular weight excluding hydrogens is 262 g/mol. The van der Waals surface area contributed by atoms with Gasteiger partial charge in [-0.2, -0.15) is 0 Å². The predicted molar refractivity (Wildman–Crippen MR) is 82.7 cm³/mol. The van der Waals surface area contributed by atoms with Gasteiger partial charge in [-0.05, 0) is 31.0 Å². The molecule has 0 aromatic heterocycles. The van der Waals surface area contributed by atoms with Crippen LogP contribution in [0.5, 0.6) is 11.5 Å². The summed E-state index contributed by atoms with van der Waals surface area (Å²) >= 11 is 0. The molecule has 0 aliphatic carbocycles. The highest BCUT2D eigenvalue weighted by atomic mass is 16.5. The van der Waals surface area contributed by atoms with Gasteiger partial charge in [-0.1, -0.05) is 36.4 Å². The molecule has 1 unspecified atom stereocenters. The fourth-order valence-electron chi connectivity index (χ4n) is 2.72. The van der Waals surface area contributed by atoms with E-state index in [4.69, 9.17) is 4.74 Å². The molecule has 0 bridgehead atoms. The number of hydrogen-bond acceptors (Lipinski definition) is 2. The number of likely N-dealkylation sites (N-methyl/N-ethyl adjacent to an activating group) is 1. The van der Waals surface area contributed by atoms with Crippen LogP contribution >= 0.6 is 0 Å². The summed E-state index contributed by atoms with van der Waals surface area (Å²) in [7, 11) is 1.85. The monoisotopic (exact) mass is 281 g/mol. The highest BCUT2D eigenvalue weighted by Gasteiger charge is 2.30. The Labute approximate surface area is 125 Å². The summed E-state index contributed by atoms with van der Waals surface area (Å²) in [5.41, 5.74) is 2.05. The van der Waals surface area contributed by atoms with Crippen molar-refractivity contribution in [3.05, 3.63) is 59.7 Å². The molecule has 1 amide bonds. The lowest BCUT2D eigenvalue weighted by Crippen LogP contribution is -2.32. The number of fused-ring (bicyclic) bond motifs is 2. The van der Waals surface area contributed by atoms with Gasteiger partial charge in [-0.25, -0.2) is 0 Å². The fraction of sp³-hybridized carbons (Fsp3) is 0.278. The Balaban J connectivity index is 2.09. The van der Waals surface area contributed by atoms with Gasteiger partial charge in [0.25, 0.3) is 0 Å². The minimum Gasteiger partial charge on any atom is -0.457 e. The number of carbonyl (C=O) groups excluding carboxylic acids is 1. The molecule has 3 rings (SSSR count). The second-order valence-corrected chi connectivity index (χ2v) is 5.36. The summed E-state index contributed by atoms with van der Waals surface area (Å²) in [6.45, 7) is 2.70. The Morgan fingerprint density at radius 3 is 2.57 bits per heavy atom. The zero-order chi connectivity index (χ0) is 14.8. The number of nitrogens with zero attached hydrogens (tertiary/aromatic N) is 1. The predicted octanol–water partition coefficient (Wildman–Crippen LogP) is 3.60. The molecule has 1 aliphatic heterocycles. The van der Waals surface area contributed by atoms with Crippen molar-refractivity contribution in [2.45, 2.75) is 19.3 Å². The van der Waals surface area contributed by atoms with Gasteiger partial charge >= 0.3 is 0 Å². The molecular formula is C18H19NO2. The highest BCUT2D eigenvalue weighted by molar-refractivity contribution is 5.85. The SMILES string of the molecule is CCN(C)C(=O)C1Cc2ccccc2Oc2ccccc21. The maximum Gasteiger partial charge on any atom is 0.230 e. The van der Waals surface area contributed by atoms with Crippen molar-refractivity contribution in [2.24, 2.45) is 0 Å². The van der Waals surface area contributed by atoms with Crippen LogP contribution in [-0.2, 0) is 11.2 Å². The van der Waals surface area contributed by atoms with Crippen molar-refractivity contribution in [3.8, 4) is 11.5 Å². The van der Waals surface area contributed by atoms with Gasteiger partial charge in [0.2, 0.25) is 5.91 Å². The van der Waals surface area contributed by atoms with Gasteiger partial charge in [0, 0.05) is 19.2 Å². The molecule has 1 heterocycles. The van der Waals surface area contributed by atoms with Crippen LogP contribution in [0.1, 0.15) is 24.0 Å². The Morgan fingerprint density at radius 2 is 1.81 bits per heavy atom. The first kappa shape index (κ1) is 13.7. The number of carbonyl (C=O) groups is 1. The van der Waals surface area contributed by atoms with E-state index < -0.39 is 0 Å². The first-order valence-electron chi connectivity index (χ1n) is 7.30. The third kappa shape index (κ3) is 2.51. The molecule has 1 atom stereocenters. The number of para-hydroxylation sites is 2. The summed E-state index contributed by atoms with van der Waals surface area (Å²) in [5.74, 6) is 1.59. The van der Waals surface area contributed by atoms with E-state index >= 15 is 0 Å². The van der Waals surface area contributed by atoms with Crippen molar-refractivity contribution in [1.29, 1.82) is 0 Å². The van der Waals surface area contributed by atoms with Crippen LogP contribution < -0.4 is 4.74 Å². The van der Waals surface area contributed by atoms with Gasteiger partial charge in [0.05, 0.1) is 5.92 Å². The van der Waals surface area contributed by atoms with E-state index in [9.17, 15) is 4.79 Å². The lowest BCUT2D eigenvalue weighted by Gasteiger charge is -2.22. The van der Waals surface area contributed by atoms with E-state index in [2.05, 4.69) is 0 Å². The number of rotatable bonds is 2. The second-order valence-electron chi connectivity index (χ2n) is 5.36. The largest absolute Gasteiger partial charge is 0.457 e. The molecule has 21 heavy (non-hydrogen) atoms. The summed E-state index contributed by atoms with van der Waals surface area (Å²) in [4.78, 5) is 14.5. The zero-order valence-corrected chi connectivity index (χ0v) is 12.4. The van der Waals surface area contributed by atoms with Crippen LogP contribution in [0.4, 0.5) is 0 Å². The molecule has 1 aliphatic rings. The third-order valence-corrected chi connectivity index (χ3v) is 4.06. The third-order valence-electron chi connectivity index (χ3n) is 4.06. The van der Waals surface area contributed by atoms with Crippen LogP contribution in [0, 0.1) is 0 Å². The topological polar surface area (TPSA) is 29.5 Å². The molecule has 2 aromatic rings. The summed E-state index contributed by atoms with van der Waals surface area (Å²) < 4.78 is 6.03. The molecule has 0 spiro atoms. The van der Waals surface area contributed by atoms with Crippen molar-refractivity contribution in [2.75, 3.05) is 13.6 Å². The van der Waals surface area contributed by atoms with Crippen LogP contribution in [0.15, 0.2) is 48.5 Å². The Kier molecular flexibility index (Phi) is 3.65. The molecule has 0 saturated carbocycles. The van der Waals surface area contributed by atoms with Crippen LogP contribution in [0.2, 0.25) is 0 Å². The highest BCUT2D eigenvalue weighted by Crippen LogP contribution is 2.39. The normalized spacial score (nSPS) is 16.2. The van der Waals surface area contributed by atoms with E-state index in [1.165, 1.54) is 0 Å². The quantitative estimate of drug-likeness (QED) is 0.841. The average Bonchev–Trinajstić information content (AvgIpc) is 2.69. The van der Waals surface area contributed by atoms with Gasteiger partial charge in [0.1, 0.15) is 11.5 Å². The van der Waals surface area contributed by atoms with Crippen molar-refractivity contribution in [3.63, 3.8) is 0 Å². The molecule has 0 radical (unpaired) electrons. The number of hydrogen-bond donors (Lipinski definition) is 0. The Morgan fingerprint density at radius 1 is 1.14 bits per heavy atom. The Bertz CT molecular complexity index is 666. The minimum absolute atomic E-state index is 0.144. The van der Waals surface area contributed by atoms with E-state index in [1.54, 1.807) is 4.90 Å². The molecule has 3 nitrogen and oxygen atoms in total. The van der Waals surface area contributed by atoms with Crippen molar-refractivity contribution < 1.29 is 9.53 Å².